The quantitative estimate of drug-likeness (QED) is 0.567. The lowest BCUT2D eigenvalue weighted by atomic mass is 10.1. The Morgan fingerprint density at radius 3 is 1.80 bits per heavy atom. The second-order valence-corrected chi connectivity index (χ2v) is 12.5. The van der Waals surface area contributed by atoms with Crippen LogP contribution in [0.4, 0.5) is 0 Å². The molecule has 0 fully saturated rings. The number of hydrogen-bond donors (Lipinski definition) is 0. The van der Waals surface area contributed by atoms with E-state index in [4.69, 9.17) is 4.74 Å². The second-order valence-electron chi connectivity index (χ2n) is 6.92. The predicted octanol–water partition coefficient (Wildman–Crippen LogP) is 5.91. The first-order valence-corrected chi connectivity index (χ1v) is 10.9. The Bertz CT molecular complexity index is 377. The molecule has 2 heteroatoms. The zero-order chi connectivity index (χ0) is 15.2. The van der Waals surface area contributed by atoms with Gasteiger partial charge in [0.1, 0.15) is 11.4 Å². The number of aryl methyl sites for hydroxylation is 1. The van der Waals surface area contributed by atoms with Crippen molar-refractivity contribution < 1.29 is 4.74 Å². The molecule has 114 valence electrons. The molecule has 1 aromatic carbocycles. The van der Waals surface area contributed by atoms with E-state index >= 15 is 0 Å². The summed E-state index contributed by atoms with van der Waals surface area (Å²) in [6.07, 6.45) is 1.23. The van der Waals surface area contributed by atoms with E-state index in [0.717, 1.165) is 5.75 Å². The van der Waals surface area contributed by atoms with E-state index in [2.05, 4.69) is 65.8 Å². The van der Waals surface area contributed by atoms with Crippen molar-refractivity contribution in [3.05, 3.63) is 29.8 Å². The first-order chi connectivity index (χ1) is 9.34. The molecule has 0 aliphatic rings. The fraction of sp³-hybridized carbons (Fsp3) is 0.667. The first-order valence-electron chi connectivity index (χ1n) is 8.12. The lowest BCUT2D eigenvalue weighted by Crippen LogP contribution is -2.31. The Morgan fingerprint density at radius 2 is 1.40 bits per heavy atom. The third kappa shape index (κ3) is 5.32. The molecule has 0 radical (unpaired) electrons. The highest BCUT2D eigenvalue weighted by Gasteiger charge is 2.25. The van der Waals surface area contributed by atoms with Crippen molar-refractivity contribution in [2.75, 3.05) is 0 Å². The van der Waals surface area contributed by atoms with E-state index in [1.807, 2.05) is 0 Å². The number of benzene rings is 1. The van der Waals surface area contributed by atoms with Gasteiger partial charge >= 0.3 is 0 Å². The molecule has 1 rings (SSSR count). The standard InChI is InChI=1S/C18H32OSi/c1-7-20(8-2,9-3)15-14-16-10-12-17(13-11-16)19-18(4,5)6/h10-13H,7-9,14-15H2,1-6H3. The minimum Gasteiger partial charge on any atom is -0.488 e. The van der Waals surface area contributed by atoms with Gasteiger partial charge in [0, 0.05) is 0 Å². The van der Waals surface area contributed by atoms with Gasteiger partial charge in [0.25, 0.3) is 0 Å². The Kier molecular flexibility index (Phi) is 6.31. The minimum atomic E-state index is -0.983. The maximum atomic E-state index is 5.87. The van der Waals surface area contributed by atoms with Gasteiger partial charge in [-0.1, -0.05) is 57.1 Å². The second kappa shape index (κ2) is 7.30. The molecular weight excluding hydrogens is 260 g/mol. The molecule has 0 atom stereocenters. The molecule has 0 spiro atoms. The number of hydrogen-bond acceptors (Lipinski definition) is 1. The molecular formula is C18H32OSi. The fourth-order valence-electron chi connectivity index (χ4n) is 2.77. The van der Waals surface area contributed by atoms with Gasteiger partial charge in [-0.25, -0.2) is 0 Å². The van der Waals surface area contributed by atoms with Crippen LogP contribution in [0.15, 0.2) is 24.3 Å². The molecule has 0 bridgehead atoms. The highest BCUT2D eigenvalue weighted by molar-refractivity contribution is 6.79. The third-order valence-corrected chi connectivity index (χ3v) is 10.4. The summed E-state index contributed by atoms with van der Waals surface area (Å²) in [7, 11) is -0.983. The van der Waals surface area contributed by atoms with Gasteiger partial charge in [-0.15, -0.1) is 0 Å². The molecule has 0 aromatic heterocycles. The van der Waals surface area contributed by atoms with Crippen molar-refractivity contribution in [1.29, 1.82) is 0 Å². The van der Waals surface area contributed by atoms with Crippen molar-refractivity contribution in [3.63, 3.8) is 0 Å². The SMILES string of the molecule is CC[Si](CC)(CC)CCc1ccc(OC(C)(C)C)cc1. The van der Waals surface area contributed by atoms with Crippen LogP contribution in [0.1, 0.15) is 47.1 Å². The van der Waals surface area contributed by atoms with E-state index in [1.54, 1.807) is 0 Å². The van der Waals surface area contributed by atoms with Crippen molar-refractivity contribution in [1.82, 2.24) is 0 Å². The summed E-state index contributed by atoms with van der Waals surface area (Å²) < 4.78 is 5.87. The minimum absolute atomic E-state index is 0.115. The Morgan fingerprint density at radius 1 is 0.900 bits per heavy atom. The number of rotatable bonds is 7. The average molecular weight is 293 g/mol. The van der Waals surface area contributed by atoms with Gasteiger partial charge < -0.3 is 4.74 Å². The van der Waals surface area contributed by atoms with Crippen LogP contribution in [0.2, 0.25) is 24.2 Å². The highest BCUT2D eigenvalue weighted by atomic mass is 28.3. The summed E-state index contributed by atoms with van der Waals surface area (Å²) >= 11 is 0. The van der Waals surface area contributed by atoms with Crippen molar-refractivity contribution in [2.45, 2.75) is 77.7 Å². The monoisotopic (exact) mass is 292 g/mol. The van der Waals surface area contributed by atoms with Gasteiger partial charge in [0.15, 0.2) is 0 Å². The lowest BCUT2D eigenvalue weighted by Gasteiger charge is -2.28. The summed E-state index contributed by atoms with van der Waals surface area (Å²) in [6.45, 7) is 13.4. The van der Waals surface area contributed by atoms with Crippen molar-refractivity contribution in [3.8, 4) is 5.75 Å². The molecule has 1 nitrogen and oxygen atoms in total. The van der Waals surface area contributed by atoms with Crippen LogP contribution in [-0.2, 0) is 6.42 Å². The molecule has 1 aromatic rings. The predicted molar refractivity (Wildman–Crippen MR) is 92.5 cm³/mol. The largest absolute Gasteiger partial charge is 0.488 e. The Hall–Kier alpha value is -0.763. The summed E-state index contributed by atoms with van der Waals surface area (Å²) in [4.78, 5) is 0. The van der Waals surface area contributed by atoms with Gasteiger partial charge in [0.05, 0.1) is 8.07 Å². The molecule has 0 heterocycles. The van der Waals surface area contributed by atoms with Crippen LogP contribution >= 0.6 is 0 Å². The van der Waals surface area contributed by atoms with E-state index in [9.17, 15) is 0 Å². The van der Waals surface area contributed by atoms with E-state index in [1.165, 1.54) is 36.2 Å². The maximum Gasteiger partial charge on any atom is 0.120 e. The summed E-state index contributed by atoms with van der Waals surface area (Å²) in [6, 6.07) is 14.4. The fourth-order valence-corrected chi connectivity index (χ4v) is 6.15. The van der Waals surface area contributed by atoms with E-state index in [-0.39, 0.29) is 5.60 Å². The average Bonchev–Trinajstić information content (AvgIpc) is 2.41. The summed E-state index contributed by atoms with van der Waals surface area (Å²) in [5, 5.41) is 0. The molecule has 20 heavy (non-hydrogen) atoms. The van der Waals surface area contributed by atoms with Gasteiger partial charge in [-0.3, -0.25) is 0 Å². The van der Waals surface area contributed by atoms with Crippen LogP contribution in [0.3, 0.4) is 0 Å². The van der Waals surface area contributed by atoms with Gasteiger partial charge in [-0.05, 0) is 44.9 Å². The van der Waals surface area contributed by atoms with Gasteiger partial charge in [0.2, 0.25) is 0 Å². The highest BCUT2D eigenvalue weighted by Crippen LogP contribution is 2.27. The van der Waals surface area contributed by atoms with Crippen LogP contribution in [0, 0.1) is 0 Å². The maximum absolute atomic E-state index is 5.87. The normalized spacial score (nSPS) is 12.5. The summed E-state index contributed by atoms with van der Waals surface area (Å²) in [5.74, 6) is 0.978. The third-order valence-electron chi connectivity index (χ3n) is 4.54. The van der Waals surface area contributed by atoms with Crippen molar-refractivity contribution >= 4 is 8.07 Å². The zero-order valence-corrected chi connectivity index (χ0v) is 15.3. The Balaban J connectivity index is 2.62. The van der Waals surface area contributed by atoms with Crippen molar-refractivity contribution in [2.24, 2.45) is 0 Å². The van der Waals surface area contributed by atoms with E-state index in [0.29, 0.717) is 0 Å². The lowest BCUT2D eigenvalue weighted by molar-refractivity contribution is 0.131. The molecule has 0 amide bonds. The van der Waals surface area contributed by atoms with Crippen LogP contribution < -0.4 is 4.74 Å². The van der Waals surface area contributed by atoms with Gasteiger partial charge in [-0.2, -0.15) is 0 Å². The number of ether oxygens (including phenoxy) is 1. The van der Waals surface area contributed by atoms with Crippen LogP contribution in [-0.4, -0.2) is 13.7 Å². The molecule has 0 saturated carbocycles. The zero-order valence-electron chi connectivity index (χ0n) is 14.3. The smallest absolute Gasteiger partial charge is 0.120 e. The summed E-state index contributed by atoms with van der Waals surface area (Å²) in [5.41, 5.74) is 1.34. The molecule has 0 unspecified atom stereocenters. The molecule has 0 N–H and O–H groups in total. The first kappa shape index (κ1) is 17.3. The Labute approximate surface area is 126 Å². The van der Waals surface area contributed by atoms with Crippen LogP contribution in [0.25, 0.3) is 0 Å². The topological polar surface area (TPSA) is 9.23 Å². The molecule has 0 aliphatic carbocycles. The van der Waals surface area contributed by atoms with Crippen LogP contribution in [0.5, 0.6) is 5.75 Å². The molecule has 0 aliphatic heterocycles. The molecule has 0 saturated heterocycles. The van der Waals surface area contributed by atoms with E-state index < -0.39 is 8.07 Å².